The molecule has 8 aromatic rings. The molecule has 0 unspecified atom stereocenters. The van der Waals surface area contributed by atoms with Gasteiger partial charge in [0.05, 0.1) is 43.3 Å². The van der Waals surface area contributed by atoms with Gasteiger partial charge in [0.2, 0.25) is 5.95 Å². The summed E-state index contributed by atoms with van der Waals surface area (Å²) >= 11 is 0. The first-order valence-corrected chi connectivity index (χ1v) is 25.5. The third-order valence-corrected chi connectivity index (χ3v) is 15.4. The van der Waals surface area contributed by atoms with Gasteiger partial charge >= 0.3 is 5.69 Å². The lowest BCUT2D eigenvalue weighted by atomic mass is 9.91. The molecule has 1 fully saturated rings. The maximum atomic E-state index is 15.5. The van der Waals surface area contributed by atoms with Crippen molar-refractivity contribution in [3.05, 3.63) is 166 Å². The Labute approximate surface area is 391 Å². The van der Waals surface area contributed by atoms with Crippen molar-refractivity contribution in [3.63, 3.8) is 0 Å². The Hall–Kier alpha value is -7.22. The fraction of sp³-hybridized carbons (Fsp3) is 0.245. The molecule has 4 aromatic carbocycles. The third-order valence-electron chi connectivity index (χ3n) is 12.9. The predicted octanol–water partition coefficient (Wildman–Crippen LogP) is 7.79. The molecular weight excluding hydrogens is 908 g/mol. The van der Waals surface area contributed by atoms with Crippen molar-refractivity contribution in [1.82, 2.24) is 38.3 Å². The van der Waals surface area contributed by atoms with E-state index in [9.17, 15) is 17.4 Å². The fourth-order valence-electron chi connectivity index (χ4n) is 9.41. The molecule has 10 rings (SSSR count). The van der Waals surface area contributed by atoms with Crippen LogP contribution in [0, 0.1) is 24.4 Å². The molecule has 1 saturated heterocycles. The number of carbonyl (C=O) groups excluding carboxylic acids is 1. The number of rotatable bonds is 10. The van der Waals surface area contributed by atoms with E-state index in [0.717, 1.165) is 23.8 Å². The normalized spacial score (nSPS) is 16.4. The van der Waals surface area contributed by atoms with Crippen molar-refractivity contribution in [1.29, 1.82) is 4.78 Å². The molecule has 0 spiro atoms. The molecule has 2 atom stereocenters. The number of sulfonamides is 1. The monoisotopic (exact) mass is 954 g/mol. The van der Waals surface area contributed by atoms with Gasteiger partial charge in [-0.25, -0.2) is 46.0 Å². The minimum Gasteiger partial charge on any atom is -0.381 e. The number of benzene rings is 4. The van der Waals surface area contributed by atoms with E-state index in [0.29, 0.717) is 81.0 Å². The molecule has 2 N–H and O–H groups in total. The molecule has 1 amide bonds. The summed E-state index contributed by atoms with van der Waals surface area (Å²) in [5.74, 6) is -0.135. The highest BCUT2D eigenvalue weighted by Gasteiger charge is 2.37. The lowest BCUT2D eigenvalue weighted by Crippen LogP contribution is -2.40. The second-order valence-electron chi connectivity index (χ2n) is 17.3. The van der Waals surface area contributed by atoms with Crippen LogP contribution in [0.3, 0.4) is 0 Å². The van der Waals surface area contributed by atoms with E-state index in [1.165, 1.54) is 39.9 Å². The number of halogens is 1. The van der Waals surface area contributed by atoms with Gasteiger partial charge in [-0.1, -0.05) is 12.1 Å². The predicted molar refractivity (Wildman–Crippen MR) is 255 cm³/mol. The van der Waals surface area contributed by atoms with E-state index >= 15 is 9.18 Å². The van der Waals surface area contributed by atoms with Gasteiger partial charge in [0.15, 0.2) is 0 Å². The fourth-order valence-corrected chi connectivity index (χ4v) is 11.1. The Kier molecular flexibility index (Phi) is 11.2. The zero-order valence-corrected chi connectivity index (χ0v) is 39.2. The van der Waals surface area contributed by atoms with Crippen LogP contribution < -0.4 is 10.4 Å². The van der Waals surface area contributed by atoms with E-state index < -0.39 is 31.5 Å². The highest BCUT2D eigenvalue weighted by molar-refractivity contribution is 7.92. The van der Waals surface area contributed by atoms with Crippen molar-refractivity contribution in [3.8, 4) is 22.9 Å². The van der Waals surface area contributed by atoms with Crippen LogP contribution >= 0.6 is 0 Å². The van der Waals surface area contributed by atoms with Gasteiger partial charge in [-0.3, -0.25) is 13.9 Å². The number of aromatic nitrogens is 7. The molecule has 348 valence electrons. The Morgan fingerprint density at radius 3 is 2.25 bits per heavy atom. The molecule has 0 aliphatic carbocycles. The van der Waals surface area contributed by atoms with E-state index in [1.54, 1.807) is 95.0 Å². The summed E-state index contributed by atoms with van der Waals surface area (Å²) < 4.78 is 77.4. The summed E-state index contributed by atoms with van der Waals surface area (Å²) in [4.78, 5) is 40.1. The average molecular weight is 955 g/mol. The van der Waals surface area contributed by atoms with Crippen molar-refractivity contribution in [2.45, 2.75) is 61.8 Å². The number of hydrogen-bond donors (Lipinski definition) is 2. The number of carbonyl (C=O) groups is 1. The zero-order valence-electron chi connectivity index (χ0n) is 37.6. The first-order valence-electron chi connectivity index (χ1n) is 22.1. The minimum atomic E-state index is -4.16. The van der Waals surface area contributed by atoms with Gasteiger partial charge in [0.25, 0.3) is 15.9 Å². The smallest absolute Gasteiger partial charge is 0.338 e. The van der Waals surface area contributed by atoms with Gasteiger partial charge in [0, 0.05) is 78.8 Å². The SMILES string of the molecule is Cc1cc(-n2nc3c(c2-n2ccn(-c4ccc([S@@](C)(=N)=O)cc4)c2=O)[C@H](C)N(C(=O)c2cc4cc(C5CCOCC5)ccc4n2-c2cccc(S(=O)(=O)Nc4ncccn4)c2)CC3)cc(C)c1F. The molecule has 4 aromatic heterocycles. The Morgan fingerprint density at radius 2 is 1.54 bits per heavy atom. The molecule has 19 heteroatoms. The van der Waals surface area contributed by atoms with Crippen LogP contribution in [0.2, 0.25) is 0 Å². The molecule has 0 bridgehead atoms. The average Bonchev–Trinajstić information content (AvgIpc) is 4.04. The zero-order chi connectivity index (χ0) is 47.6. The van der Waals surface area contributed by atoms with Crippen molar-refractivity contribution in [2.24, 2.45) is 0 Å². The topological polar surface area (TPSA) is 192 Å². The number of nitrogens with zero attached hydrogens (tertiary/aromatic N) is 8. The first-order chi connectivity index (χ1) is 32.6. The van der Waals surface area contributed by atoms with Gasteiger partial charge in [0.1, 0.15) is 17.3 Å². The summed E-state index contributed by atoms with van der Waals surface area (Å²) in [7, 11) is -7.15. The maximum absolute atomic E-state index is 15.5. The highest BCUT2D eigenvalue weighted by Crippen LogP contribution is 2.39. The van der Waals surface area contributed by atoms with Gasteiger partial charge in [-0.05, 0) is 135 Å². The molecule has 16 nitrogen and oxygen atoms in total. The second-order valence-corrected chi connectivity index (χ2v) is 21.2. The lowest BCUT2D eigenvalue weighted by Gasteiger charge is -2.34. The minimum absolute atomic E-state index is 0.0597. The summed E-state index contributed by atoms with van der Waals surface area (Å²) in [6, 6.07) is 25.0. The van der Waals surface area contributed by atoms with E-state index in [2.05, 4.69) is 26.8 Å². The molecular formula is C49H47FN10O6S2. The number of hydrogen-bond acceptors (Lipinski definition) is 10. The first kappa shape index (κ1) is 44.6. The Morgan fingerprint density at radius 1 is 0.838 bits per heavy atom. The second kappa shape index (κ2) is 17.1. The number of fused-ring (bicyclic) bond motifs is 2. The molecule has 6 heterocycles. The van der Waals surface area contributed by atoms with Crippen molar-refractivity contribution >= 4 is 42.5 Å². The molecule has 2 aliphatic heterocycles. The quantitative estimate of drug-likeness (QED) is 0.138. The lowest BCUT2D eigenvalue weighted by molar-refractivity contribution is 0.0669. The molecule has 2 aliphatic rings. The standard InChI is InChI=1S/C49H47FN10O6S2/c1-30-25-38(26-31(2)45(30)50)60-46(58-22-21-57(49(58)62)36-10-12-39(13-11-36)67(4,51)63)44-32(3)56(20-15-41(44)54-60)47(61)43-28-35-27-34(33-16-23-66-24-17-33)9-14-42(35)59(43)37-7-5-8-40(29-37)68(64,65)55-48-52-18-6-19-53-48/h5-14,18-19,21-22,25-29,32-33,51H,15-17,20,23-24H2,1-4H3,(H,52,53,55)/t32-,67-/m0/s1. The number of ether oxygens (including phenoxy) is 1. The third kappa shape index (κ3) is 7.98. The molecule has 0 saturated carbocycles. The van der Waals surface area contributed by atoms with Crippen molar-refractivity contribution in [2.75, 3.05) is 30.7 Å². The van der Waals surface area contributed by atoms with Crippen LogP contribution in [-0.4, -0.2) is 82.9 Å². The number of imidazole rings is 1. The van der Waals surface area contributed by atoms with Crippen LogP contribution in [-0.2, 0) is 30.9 Å². The summed E-state index contributed by atoms with van der Waals surface area (Å²) in [5, 5.41) is 5.85. The van der Waals surface area contributed by atoms with Gasteiger partial charge in [-0.2, -0.15) is 5.10 Å². The van der Waals surface area contributed by atoms with Crippen molar-refractivity contribution < 1.29 is 26.5 Å². The maximum Gasteiger partial charge on any atom is 0.338 e. The number of amides is 1. The molecule has 68 heavy (non-hydrogen) atoms. The van der Waals surface area contributed by atoms with Gasteiger partial charge < -0.3 is 14.2 Å². The molecule has 0 radical (unpaired) electrons. The van der Waals surface area contributed by atoms with Crippen LogP contribution in [0.4, 0.5) is 10.3 Å². The van der Waals surface area contributed by atoms with Crippen LogP contribution in [0.15, 0.2) is 130 Å². The summed E-state index contributed by atoms with van der Waals surface area (Å²) in [5.41, 5.74) is 5.15. The number of nitrogens with one attached hydrogen (secondary N) is 2. The van der Waals surface area contributed by atoms with Crippen LogP contribution in [0.5, 0.6) is 0 Å². The number of aryl methyl sites for hydroxylation is 2. The number of anilines is 1. The van der Waals surface area contributed by atoms with Gasteiger partial charge in [-0.15, -0.1) is 0 Å². The van der Waals surface area contributed by atoms with Crippen LogP contribution in [0.25, 0.3) is 33.8 Å². The summed E-state index contributed by atoms with van der Waals surface area (Å²) in [6.07, 6.45) is 9.47. The highest BCUT2D eigenvalue weighted by atomic mass is 32.2. The Bertz CT molecular complexity index is 3560. The largest absolute Gasteiger partial charge is 0.381 e. The van der Waals surface area contributed by atoms with E-state index in [-0.39, 0.29) is 35.0 Å². The van der Waals surface area contributed by atoms with E-state index in [1.807, 2.05) is 19.1 Å². The van der Waals surface area contributed by atoms with Crippen LogP contribution in [0.1, 0.15) is 70.2 Å². The van der Waals surface area contributed by atoms with E-state index in [4.69, 9.17) is 14.6 Å². The summed E-state index contributed by atoms with van der Waals surface area (Å²) in [6.45, 7) is 6.79. The Balaban J connectivity index is 1.10.